The molecule has 0 aliphatic carbocycles. The molecule has 3 aromatic carbocycles. The van der Waals surface area contributed by atoms with Crippen molar-refractivity contribution in [3.05, 3.63) is 101 Å². The molecule has 1 N–H and O–H groups in total. The number of rotatable bonds is 7. The zero-order valence-corrected chi connectivity index (χ0v) is 17.9. The number of aromatic nitrogens is 2. The lowest BCUT2D eigenvalue weighted by atomic mass is 10.0. The third-order valence-electron chi connectivity index (χ3n) is 5.84. The number of para-hydroxylation sites is 2. The highest BCUT2D eigenvalue weighted by Crippen LogP contribution is 2.26. The summed E-state index contributed by atoms with van der Waals surface area (Å²) in [5.41, 5.74) is 6.34. The van der Waals surface area contributed by atoms with E-state index in [1.165, 1.54) is 16.7 Å². The molecule has 0 aliphatic heterocycles. The van der Waals surface area contributed by atoms with Crippen LogP contribution in [0.15, 0.2) is 78.9 Å². The molecule has 154 valence electrons. The van der Waals surface area contributed by atoms with E-state index in [0.29, 0.717) is 12.2 Å². The van der Waals surface area contributed by atoms with Crippen molar-refractivity contribution in [2.45, 2.75) is 32.4 Å². The van der Waals surface area contributed by atoms with Gasteiger partial charge in [-0.25, -0.2) is 0 Å². The van der Waals surface area contributed by atoms with Gasteiger partial charge in [-0.2, -0.15) is 0 Å². The average molecular weight is 400 g/mol. The van der Waals surface area contributed by atoms with Gasteiger partial charge < -0.3 is 13.9 Å². The molecule has 0 saturated carbocycles. The molecule has 1 heterocycles. The Labute approximate surface area is 177 Å². The van der Waals surface area contributed by atoms with E-state index < -0.39 is 0 Å². The predicted octanol–water partition coefficient (Wildman–Crippen LogP) is 5.27. The smallest absolute Gasteiger partial charge is 0.203 e. The van der Waals surface area contributed by atoms with Gasteiger partial charge in [0.1, 0.15) is 0 Å². The lowest BCUT2D eigenvalue weighted by Gasteiger charge is -2.20. The average Bonchev–Trinajstić information content (AvgIpc) is 3.07. The van der Waals surface area contributed by atoms with Gasteiger partial charge in [-0.15, -0.1) is 0 Å². The number of ether oxygens (including phenoxy) is 1. The van der Waals surface area contributed by atoms with E-state index in [4.69, 9.17) is 10.1 Å². The van der Waals surface area contributed by atoms with Gasteiger partial charge in [0.05, 0.1) is 29.7 Å². The summed E-state index contributed by atoms with van der Waals surface area (Å²) in [4.78, 5) is 0. The first-order valence-electron chi connectivity index (χ1n) is 10.5. The number of aryl methyl sites for hydroxylation is 1. The lowest BCUT2D eigenvalue weighted by Crippen LogP contribution is -2.32. The van der Waals surface area contributed by atoms with Crippen molar-refractivity contribution < 1.29 is 4.74 Å². The Hall–Kier alpha value is -3.11. The predicted molar refractivity (Wildman–Crippen MR) is 122 cm³/mol. The van der Waals surface area contributed by atoms with Crippen molar-refractivity contribution in [1.29, 1.82) is 5.41 Å². The van der Waals surface area contributed by atoms with Crippen LogP contribution in [0.5, 0.6) is 0 Å². The Morgan fingerprint density at radius 3 is 2.07 bits per heavy atom. The van der Waals surface area contributed by atoms with Crippen molar-refractivity contribution in [3.63, 3.8) is 0 Å². The van der Waals surface area contributed by atoms with E-state index in [1.807, 2.05) is 18.2 Å². The van der Waals surface area contributed by atoms with E-state index in [2.05, 4.69) is 83.6 Å². The van der Waals surface area contributed by atoms with Crippen molar-refractivity contribution in [2.75, 3.05) is 13.7 Å². The van der Waals surface area contributed by atoms with E-state index in [0.717, 1.165) is 17.5 Å². The van der Waals surface area contributed by atoms with Crippen molar-refractivity contribution in [3.8, 4) is 0 Å². The maximum atomic E-state index is 9.13. The quantitative estimate of drug-likeness (QED) is 0.452. The van der Waals surface area contributed by atoms with Crippen LogP contribution < -0.4 is 5.62 Å². The Morgan fingerprint density at radius 2 is 1.43 bits per heavy atom. The van der Waals surface area contributed by atoms with Crippen molar-refractivity contribution in [2.24, 2.45) is 0 Å². The van der Waals surface area contributed by atoms with E-state index in [-0.39, 0.29) is 12.1 Å². The standard InChI is InChI=1S/C26H29N3O/c1-19-13-15-21(16-14-19)17-23(18-30-3)29-25-12-8-7-11-24(25)28(26(29)27)20(2)22-9-5-4-6-10-22/h4-16,20,23,27H,17-18H2,1-3H3. The number of hydrogen-bond acceptors (Lipinski definition) is 2. The number of imidazole rings is 1. The van der Waals surface area contributed by atoms with Crippen LogP contribution in [0.3, 0.4) is 0 Å². The lowest BCUT2D eigenvalue weighted by molar-refractivity contribution is 0.154. The minimum atomic E-state index is 0.0410. The molecule has 0 aliphatic rings. The molecule has 0 bridgehead atoms. The van der Waals surface area contributed by atoms with Crippen LogP contribution in [0.25, 0.3) is 11.0 Å². The van der Waals surface area contributed by atoms with Crippen LogP contribution in [0.2, 0.25) is 0 Å². The fourth-order valence-corrected chi connectivity index (χ4v) is 4.27. The van der Waals surface area contributed by atoms with Crippen LogP contribution in [0.1, 0.15) is 35.7 Å². The van der Waals surface area contributed by atoms with Crippen molar-refractivity contribution in [1.82, 2.24) is 9.13 Å². The van der Waals surface area contributed by atoms with Crippen LogP contribution in [-0.2, 0) is 11.2 Å². The van der Waals surface area contributed by atoms with Gasteiger partial charge in [0, 0.05) is 7.11 Å². The van der Waals surface area contributed by atoms with Gasteiger partial charge in [0.2, 0.25) is 5.62 Å². The molecule has 30 heavy (non-hydrogen) atoms. The number of benzene rings is 3. The van der Waals surface area contributed by atoms with Gasteiger partial charge >= 0.3 is 0 Å². The Bertz CT molecular complexity index is 1170. The monoisotopic (exact) mass is 399 g/mol. The summed E-state index contributed by atoms with van der Waals surface area (Å²) in [5, 5.41) is 9.13. The minimum Gasteiger partial charge on any atom is -0.383 e. The second-order valence-corrected chi connectivity index (χ2v) is 7.94. The van der Waals surface area contributed by atoms with Crippen LogP contribution >= 0.6 is 0 Å². The van der Waals surface area contributed by atoms with Gasteiger partial charge in [0.25, 0.3) is 0 Å². The first-order valence-corrected chi connectivity index (χ1v) is 10.5. The van der Waals surface area contributed by atoms with E-state index in [9.17, 15) is 0 Å². The molecule has 0 amide bonds. The van der Waals surface area contributed by atoms with Gasteiger partial charge in [-0.3, -0.25) is 5.41 Å². The molecule has 4 aromatic rings. The highest BCUT2D eigenvalue weighted by Gasteiger charge is 2.22. The third kappa shape index (κ3) is 3.83. The first kappa shape index (κ1) is 20.2. The number of fused-ring (bicyclic) bond motifs is 1. The van der Waals surface area contributed by atoms with Crippen LogP contribution in [0, 0.1) is 12.3 Å². The molecule has 1 aromatic heterocycles. The maximum Gasteiger partial charge on any atom is 0.203 e. The third-order valence-corrected chi connectivity index (χ3v) is 5.84. The SMILES string of the molecule is COCC(Cc1ccc(C)cc1)n1c(=N)n(C(C)c2ccccc2)c2ccccc21. The Balaban J connectivity index is 1.84. The highest BCUT2D eigenvalue weighted by molar-refractivity contribution is 5.76. The molecule has 4 heteroatoms. The summed E-state index contributed by atoms with van der Waals surface area (Å²) in [7, 11) is 1.73. The first-order chi connectivity index (χ1) is 14.6. The minimum absolute atomic E-state index is 0.0410. The number of hydrogen-bond donors (Lipinski definition) is 1. The molecule has 4 nitrogen and oxygen atoms in total. The molecule has 0 saturated heterocycles. The molecule has 0 fully saturated rings. The van der Waals surface area contributed by atoms with E-state index in [1.54, 1.807) is 7.11 Å². The topological polar surface area (TPSA) is 42.9 Å². The van der Waals surface area contributed by atoms with Crippen LogP contribution in [0.4, 0.5) is 0 Å². The summed E-state index contributed by atoms with van der Waals surface area (Å²) in [6.07, 6.45) is 0.818. The fraction of sp³-hybridized carbons (Fsp3) is 0.269. The number of nitrogens with zero attached hydrogens (tertiary/aromatic N) is 2. The molecule has 4 rings (SSSR count). The summed E-state index contributed by atoms with van der Waals surface area (Å²) >= 11 is 0. The second-order valence-electron chi connectivity index (χ2n) is 7.94. The maximum absolute atomic E-state index is 9.13. The molecule has 2 unspecified atom stereocenters. The normalized spacial score (nSPS) is 13.4. The summed E-state index contributed by atoms with van der Waals surface area (Å²) < 4.78 is 9.86. The Kier molecular flexibility index (Phi) is 5.86. The van der Waals surface area contributed by atoms with Crippen molar-refractivity contribution >= 4 is 11.0 Å². The van der Waals surface area contributed by atoms with Crippen LogP contribution in [-0.4, -0.2) is 22.9 Å². The zero-order valence-electron chi connectivity index (χ0n) is 17.9. The zero-order chi connectivity index (χ0) is 21.1. The fourth-order valence-electron chi connectivity index (χ4n) is 4.27. The van der Waals surface area contributed by atoms with Gasteiger partial charge in [-0.05, 0) is 43.5 Å². The highest BCUT2D eigenvalue weighted by atomic mass is 16.5. The molecule has 0 spiro atoms. The van der Waals surface area contributed by atoms with Gasteiger partial charge in [0.15, 0.2) is 0 Å². The second kappa shape index (κ2) is 8.72. The largest absolute Gasteiger partial charge is 0.383 e. The summed E-state index contributed by atoms with van der Waals surface area (Å²) in [6.45, 7) is 4.82. The number of methoxy groups -OCH3 is 1. The molecular formula is C26H29N3O. The van der Waals surface area contributed by atoms with Gasteiger partial charge in [-0.1, -0.05) is 72.3 Å². The number of nitrogens with one attached hydrogen (secondary N) is 1. The Morgan fingerprint density at radius 1 is 0.833 bits per heavy atom. The summed E-state index contributed by atoms with van der Waals surface area (Å²) in [6, 6.07) is 27.5. The molecule has 2 atom stereocenters. The molecular weight excluding hydrogens is 370 g/mol. The van der Waals surface area contributed by atoms with E-state index >= 15 is 0 Å². The molecule has 0 radical (unpaired) electrons. The summed E-state index contributed by atoms with van der Waals surface area (Å²) in [5.74, 6) is 0.